The van der Waals surface area contributed by atoms with Gasteiger partial charge in [-0.05, 0) is 62.1 Å². The molecule has 0 radical (unpaired) electrons. The van der Waals surface area contributed by atoms with Crippen LogP contribution in [0.3, 0.4) is 0 Å². The number of nitrogens with one attached hydrogen (secondary N) is 1. The Balaban J connectivity index is 1.17. The molecule has 8 heteroatoms. The van der Waals surface area contributed by atoms with Gasteiger partial charge in [0.2, 0.25) is 5.91 Å². The largest absolute Gasteiger partial charge is 0.460 e. The van der Waals surface area contributed by atoms with Gasteiger partial charge in [-0.1, -0.05) is 11.3 Å². The third-order valence-electron chi connectivity index (χ3n) is 6.52. The third-order valence-corrected chi connectivity index (χ3v) is 7.38. The Morgan fingerprint density at radius 3 is 2.88 bits per heavy atom. The third kappa shape index (κ3) is 3.73. The van der Waals surface area contributed by atoms with Gasteiger partial charge >= 0.3 is 0 Å². The van der Waals surface area contributed by atoms with E-state index in [0.717, 1.165) is 52.2 Å². The summed E-state index contributed by atoms with van der Waals surface area (Å²) in [5.74, 6) is 1.77. The van der Waals surface area contributed by atoms with E-state index in [4.69, 9.17) is 9.15 Å². The maximum Gasteiger partial charge on any atom is 0.281 e. The first-order chi connectivity index (χ1) is 15.6. The molecular weight excluding hydrogens is 424 g/mol. The van der Waals surface area contributed by atoms with E-state index in [1.54, 1.807) is 13.1 Å². The molecule has 3 aromatic heterocycles. The van der Waals surface area contributed by atoms with Crippen LogP contribution in [0.1, 0.15) is 38.4 Å². The molecule has 0 aliphatic carbocycles. The van der Waals surface area contributed by atoms with Gasteiger partial charge in [-0.2, -0.15) is 0 Å². The first-order valence-electron chi connectivity index (χ1n) is 11.1. The van der Waals surface area contributed by atoms with Crippen molar-refractivity contribution in [3.05, 3.63) is 48.4 Å². The van der Waals surface area contributed by atoms with Gasteiger partial charge in [-0.3, -0.25) is 9.69 Å². The quantitative estimate of drug-likeness (QED) is 0.470. The molecule has 5 heterocycles. The molecule has 4 aromatic rings. The predicted molar refractivity (Wildman–Crippen MR) is 123 cm³/mol. The second-order valence-corrected chi connectivity index (χ2v) is 9.69. The Kier molecular flexibility index (Phi) is 4.84. The number of thiazole rings is 1. The number of pyridine rings is 1. The molecule has 2 aliphatic rings. The van der Waals surface area contributed by atoms with E-state index in [0.29, 0.717) is 23.3 Å². The van der Waals surface area contributed by atoms with Crippen LogP contribution < -0.4 is 10.1 Å². The number of piperidine rings is 1. The van der Waals surface area contributed by atoms with E-state index in [1.807, 2.05) is 30.3 Å². The summed E-state index contributed by atoms with van der Waals surface area (Å²) >= 11 is 1.44. The van der Waals surface area contributed by atoms with Crippen molar-refractivity contribution >= 4 is 38.6 Å². The highest BCUT2D eigenvalue weighted by Gasteiger charge is 2.41. The second kappa shape index (κ2) is 7.86. The zero-order valence-electron chi connectivity index (χ0n) is 17.8. The van der Waals surface area contributed by atoms with E-state index in [9.17, 15) is 4.79 Å². The van der Waals surface area contributed by atoms with E-state index >= 15 is 0 Å². The monoisotopic (exact) mass is 448 g/mol. The summed E-state index contributed by atoms with van der Waals surface area (Å²) in [5.41, 5.74) is 1.70. The van der Waals surface area contributed by atoms with Crippen molar-refractivity contribution in [3.63, 3.8) is 0 Å². The Bertz CT molecular complexity index is 1250. The number of furan rings is 1. The fourth-order valence-corrected chi connectivity index (χ4v) is 6.01. The fourth-order valence-electron chi connectivity index (χ4n) is 5.23. The van der Waals surface area contributed by atoms with Crippen LogP contribution in [0.5, 0.6) is 10.9 Å². The second-order valence-electron chi connectivity index (χ2n) is 8.75. The van der Waals surface area contributed by atoms with Crippen LogP contribution in [0, 0.1) is 0 Å². The van der Waals surface area contributed by atoms with Gasteiger partial charge in [0, 0.05) is 36.6 Å². The number of carbonyl (C=O) groups excluding carboxylic acids is 1. The topological polar surface area (TPSA) is 80.5 Å². The van der Waals surface area contributed by atoms with Crippen molar-refractivity contribution in [1.29, 1.82) is 0 Å². The Morgan fingerprint density at radius 1 is 1.25 bits per heavy atom. The van der Waals surface area contributed by atoms with Crippen LogP contribution in [-0.2, 0) is 11.3 Å². The molecule has 2 fully saturated rings. The number of carbonyl (C=O) groups is 1. The van der Waals surface area contributed by atoms with Gasteiger partial charge in [0.05, 0.1) is 6.54 Å². The van der Waals surface area contributed by atoms with E-state index in [2.05, 4.69) is 26.3 Å². The van der Waals surface area contributed by atoms with Crippen molar-refractivity contribution in [2.75, 3.05) is 0 Å². The van der Waals surface area contributed by atoms with Crippen molar-refractivity contribution < 1.29 is 13.9 Å². The average molecular weight is 449 g/mol. The first-order valence-corrected chi connectivity index (χ1v) is 11.9. The molecule has 3 atom stereocenters. The number of aromatic nitrogens is 2. The van der Waals surface area contributed by atoms with Gasteiger partial charge in [0.15, 0.2) is 0 Å². The number of fused-ring (bicyclic) bond motifs is 4. The molecule has 6 rings (SSSR count). The molecule has 1 unspecified atom stereocenters. The molecule has 1 amide bonds. The standard InChI is InChI=1S/C24H24N4O3S/c1-14(29)26-16-11-17-4-5-18(12-16)28(17)13-20-10-15-9-19(6-7-22(15)30-20)31-24-27-21-3-2-8-25-23(21)32-24/h2-3,6-10,16-18H,4-5,11-13H2,1H3,(H,26,29)/t16?,17-,18+. The molecule has 7 nitrogen and oxygen atoms in total. The van der Waals surface area contributed by atoms with E-state index < -0.39 is 0 Å². The van der Waals surface area contributed by atoms with Crippen LogP contribution in [0.2, 0.25) is 0 Å². The van der Waals surface area contributed by atoms with Crippen LogP contribution in [0.4, 0.5) is 0 Å². The number of amides is 1. The number of hydrogen-bond donors (Lipinski definition) is 1. The SMILES string of the molecule is CC(=O)NC1C[C@H]2CC[C@@H](C1)N2Cc1cc2cc(Oc3nc4cccnc4s3)ccc2o1. The summed E-state index contributed by atoms with van der Waals surface area (Å²) in [6.45, 7) is 2.41. The molecule has 0 saturated carbocycles. The number of nitrogens with zero attached hydrogens (tertiary/aromatic N) is 3. The zero-order chi connectivity index (χ0) is 21.7. The minimum absolute atomic E-state index is 0.0697. The Morgan fingerprint density at radius 2 is 2.09 bits per heavy atom. The molecule has 0 spiro atoms. The fraction of sp³-hybridized carbons (Fsp3) is 0.375. The number of benzene rings is 1. The summed E-state index contributed by atoms with van der Waals surface area (Å²) in [7, 11) is 0. The van der Waals surface area contributed by atoms with Gasteiger partial charge in [0.1, 0.15) is 27.4 Å². The summed E-state index contributed by atoms with van der Waals surface area (Å²) in [6, 6.07) is 13.1. The van der Waals surface area contributed by atoms with Crippen molar-refractivity contribution in [2.24, 2.45) is 0 Å². The lowest BCUT2D eigenvalue weighted by atomic mass is 9.97. The van der Waals surface area contributed by atoms with Crippen LogP contribution >= 0.6 is 11.3 Å². The van der Waals surface area contributed by atoms with Crippen LogP contribution in [0.15, 0.2) is 47.0 Å². The number of hydrogen-bond acceptors (Lipinski definition) is 7. The van der Waals surface area contributed by atoms with E-state index in [1.165, 1.54) is 24.2 Å². The predicted octanol–water partition coefficient (Wildman–Crippen LogP) is 4.86. The number of ether oxygens (including phenoxy) is 1. The highest BCUT2D eigenvalue weighted by Crippen LogP contribution is 2.38. The molecule has 1 aromatic carbocycles. The van der Waals surface area contributed by atoms with Crippen LogP contribution in [-0.4, -0.2) is 38.9 Å². The molecular formula is C24H24N4O3S. The van der Waals surface area contributed by atoms with Crippen molar-refractivity contribution in [3.8, 4) is 10.9 Å². The molecule has 1 N–H and O–H groups in total. The minimum atomic E-state index is 0.0697. The molecule has 164 valence electrons. The van der Waals surface area contributed by atoms with Crippen molar-refractivity contribution in [2.45, 2.75) is 57.3 Å². The lowest BCUT2D eigenvalue weighted by Gasteiger charge is -2.38. The van der Waals surface area contributed by atoms with Crippen molar-refractivity contribution in [1.82, 2.24) is 20.2 Å². The number of rotatable bonds is 5. The molecule has 2 bridgehead atoms. The summed E-state index contributed by atoms with van der Waals surface area (Å²) in [5, 5.41) is 4.72. The summed E-state index contributed by atoms with van der Waals surface area (Å²) < 4.78 is 12.1. The minimum Gasteiger partial charge on any atom is -0.460 e. The maximum atomic E-state index is 11.4. The van der Waals surface area contributed by atoms with Crippen LogP contribution in [0.25, 0.3) is 21.3 Å². The lowest BCUT2D eigenvalue weighted by Crippen LogP contribution is -2.49. The molecule has 2 saturated heterocycles. The maximum absolute atomic E-state index is 11.4. The average Bonchev–Trinajstić information content (AvgIpc) is 3.41. The van der Waals surface area contributed by atoms with Gasteiger partial charge in [-0.15, -0.1) is 0 Å². The van der Waals surface area contributed by atoms with E-state index in [-0.39, 0.29) is 5.91 Å². The highest BCUT2D eigenvalue weighted by molar-refractivity contribution is 7.19. The molecule has 2 aliphatic heterocycles. The normalized spacial score (nSPS) is 23.1. The van der Waals surface area contributed by atoms with Gasteiger partial charge in [-0.25, -0.2) is 9.97 Å². The first kappa shape index (κ1) is 19.7. The molecule has 32 heavy (non-hydrogen) atoms. The Labute approximate surface area is 189 Å². The summed E-state index contributed by atoms with van der Waals surface area (Å²) in [6.07, 6.45) is 6.18. The highest BCUT2D eigenvalue weighted by atomic mass is 32.1. The zero-order valence-corrected chi connectivity index (χ0v) is 18.6. The smallest absolute Gasteiger partial charge is 0.281 e. The Hall–Kier alpha value is -2.97. The lowest BCUT2D eigenvalue weighted by molar-refractivity contribution is -0.120. The van der Waals surface area contributed by atoms with Gasteiger partial charge < -0.3 is 14.5 Å². The summed E-state index contributed by atoms with van der Waals surface area (Å²) in [4.78, 5) is 23.7. The van der Waals surface area contributed by atoms with Gasteiger partial charge in [0.25, 0.3) is 5.19 Å².